The number of sulfone groups is 1. The molecule has 244 valence electrons. The summed E-state index contributed by atoms with van der Waals surface area (Å²) in [5.74, 6) is -1.63. The smallest absolute Gasteiger partial charge is 0.210 e. The zero-order valence-corrected chi connectivity index (χ0v) is 27.3. The lowest BCUT2D eigenvalue weighted by atomic mass is 9.96. The number of aliphatic hydroxyl groups excluding tert-OH is 1. The van der Waals surface area contributed by atoms with Crippen LogP contribution in [0, 0.1) is 5.82 Å². The molecule has 45 heavy (non-hydrogen) atoms. The number of anilines is 1. The molecule has 0 saturated carbocycles. The highest BCUT2D eigenvalue weighted by molar-refractivity contribution is 7.91. The number of pyridine rings is 1. The zero-order valence-electron chi connectivity index (χ0n) is 25.6. The lowest BCUT2D eigenvalue weighted by Gasteiger charge is -2.46. The van der Waals surface area contributed by atoms with E-state index in [-0.39, 0.29) is 16.4 Å². The van der Waals surface area contributed by atoms with Crippen LogP contribution < -0.4 is 4.90 Å². The number of aromatic hydroxyl groups is 1. The molecular weight excluding hydrogens is 618 g/mol. The summed E-state index contributed by atoms with van der Waals surface area (Å²) in [6.45, 7) is 8.47. The molecule has 6 rings (SSSR count). The molecule has 3 saturated heterocycles. The molecule has 0 bridgehead atoms. The number of piperazine rings is 1. The molecule has 0 spiro atoms. The largest absolute Gasteiger partial charge is 0.505 e. The number of aromatic nitrogens is 1. The Labute approximate surface area is 266 Å². The van der Waals surface area contributed by atoms with Crippen LogP contribution in [0.25, 0.3) is 10.9 Å². The van der Waals surface area contributed by atoms with E-state index < -0.39 is 32.2 Å². The van der Waals surface area contributed by atoms with Crippen molar-refractivity contribution in [3.05, 3.63) is 48.4 Å². The first-order chi connectivity index (χ1) is 21.7. The molecule has 13 heteroatoms. The highest BCUT2D eigenvalue weighted by atomic mass is 32.2. The van der Waals surface area contributed by atoms with Crippen molar-refractivity contribution in [3.63, 3.8) is 0 Å². The predicted molar refractivity (Wildman–Crippen MR) is 173 cm³/mol. The molecule has 3 fully saturated rings. The van der Waals surface area contributed by atoms with Gasteiger partial charge in [0.1, 0.15) is 4.90 Å². The minimum Gasteiger partial charge on any atom is -0.505 e. The van der Waals surface area contributed by atoms with E-state index in [1.807, 2.05) is 0 Å². The lowest BCUT2D eigenvalue weighted by Crippen LogP contribution is -2.55. The van der Waals surface area contributed by atoms with Gasteiger partial charge in [0.15, 0.2) is 11.6 Å². The van der Waals surface area contributed by atoms with Crippen LogP contribution in [0.4, 0.5) is 10.1 Å². The van der Waals surface area contributed by atoms with E-state index >= 15 is 0 Å². The maximum atomic E-state index is 14.3. The molecule has 0 amide bonds. The monoisotopic (exact) mass is 659 g/mol. The van der Waals surface area contributed by atoms with Gasteiger partial charge in [-0.1, -0.05) is 0 Å². The van der Waals surface area contributed by atoms with Crippen molar-refractivity contribution in [2.24, 2.45) is 0 Å². The van der Waals surface area contributed by atoms with Crippen LogP contribution in [0.15, 0.2) is 57.3 Å². The average Bonchev–Trinajstić information content (AvgIpc) is 3.06. The topological polar surface area (TPSA) is 118 Å². The second-order valence-corrected chi connectivity index (χ2v) is 15.6. The van der Waals surface area contributed by atoms with Gasteiger partial charge < -0.3 is 20.0 Å². The van der Waals surface area contributed by atoms with E-state index in [2.05, 4.69) is 24.6 Å². The van der Waals surface area contributed by atoms with Gasteiger partial charge in [0.05, 0.1) is 22.7 Å². The Balaban J connectivity index is 1.20. The first kappa shape index (κ1) is 32.3. The van der Waals surface area contributed by atoms with Crippen molar-refractivity contribution in [2.75, 3.05) is 76.7 Å². The third kappa shape index (κ3) is 6.75. The summed E-state index contributed by atoms with van der Waals surface area (Å²) in [5, 5.41) is 19.5. The van der Waals surface area contributed by atoms with Crippen LogP contribution in [0.3, 0.4) is 0 Å². The van der Waals surface area contributed by atoms with Gasteiger partial charge in [-0.2, -0.15) is 0 Å². The fourth-order valence-electron chi connectivity index (χ4n) is 7.19. The Kier molecular flexibility index (Phi) is 9.74. The number of likely N-dealkylation sites (tertiary alicyclic amines) is 1. The van der Waals surface area contributed by atoms with Gasteiger partial charge in [0.25, 0.3) is 0 Å². The third-order valence-electron chi connectivity index (χ3n) is 9.76. The molecule has 3 aliphatic heterocycles. The first-order valence-corrected chi connectivity index (χ1v) is 18.8. The van der Waals surface area contributed by atoms with Crippen LogP contribution in [0.2, 0.25) is 0 Å². The SMILES string of the molecule is CS(=O)c1ccc2ncc(S(=O)(=O)c3ccc(O)c(F)c3)c(N3CCC(N4CCC(N5CCN(CCO)CC5)CC4)CC3)c2c1. The molecule has 3 aromatic rings. The van der Waals surface area contributed by atoms with Crippen molar-refractivity contribution in [3.8, 4) is 5.75 Å². The van der Waals surface area contributed by atoms with Gasteiger partial charge in [-0.3, -0.25) is 19.0 Å². The van der Waals surface area contributed by atoms with Gasteiger partial charge in [0, 0.05) is 91.4 Å². The molecule has 3 aliphatic rings. The van der Waals surface area contributed by atoms with Gasteiger partial charge in [-0.05, 0) is 75.2 Å². The summed E-state index contributed by atoms with van der Waals surface area (Å²) in [5.41, 5.74) is 1.09. The number of β-amino-alcohol motifs (C(OH)–C–C–N with tert-alkyl or cyclic N) is 1. The Morgan fingerprint density at radius 2 is 1.56 bits per heavy atom. The van der Waals surface area contributed by atoms with Crippen LogP contribution in [0.5, 0.6) is 5.75 Å². The number of benzene rings is 2. The number of piperidine rings is 2. The van der Waals surface area contributed by atoms with Crippen LogP contribution >= 0.6 is 0 Å². The quantitative estimate of drug-likeness (QED) is 0.374. The highest BCUT2D eigenvalue weighted by Crippen LogP contribution is 2.39. The average molecular weight is 660 g/mol. The van der Waals surface area contributed by atoms with Crippen molar-refractivity contribution in [2.45, 2.75) is 52.5 Å². The molecule has 1 unspecified atom stereocenters. The van der Waals surface area contributed by atoms with Crippen LogP contribution in [-0.2, 0) is 20.6 Å². The molecule has 2 N–H and O–H groups in total. The number of hydrogen-bond donors (Lipinski definition) is 2. The molecule has 1 aromatic heterocycles. The summed E-state index contributed by atoms with van der Waals surface area (Å²) in [4.78, 5) is 14.3. The van der Waals surface area contributed by atoms with Crippen molar-refractivity contribution in [1.29, 1.82) is 0 Å². The van der Waals surface area contributed by atoms with Gasteiger partial charge >= 0.3 is 0 Å². The van der Waals surface area contributed by atoms with Crippen molar-refractivity contribution >= 4 is 37.2 Å². The molecule has 2 aromatic carbocycles. The Bertz CT molecular complexity index is 1650. The fraction of sp³-hybridized carbons (Fsp3) is 0.531. The molecule has 10 nitrogen and oxygen atoms in total. The second kappa shape index (κ2) is 13.6. The summed E-state index contributed by atoms with van der Waals surface area (Å²) in [6.07, 6.45) is 6.94. The molecule has 0 aliphatic carbocycles. The maximum absolute atomic E-state index is 14.3. The minimum atomic E-state index is -4.20. The van der Waals surface area contributed by atoms with Crippen LogP contribution in [-0.4, -0.2) is 126 Å². The second-order valence-electron chi connectivity index (χ2n) is 12.3. The number of aliphatic hydroxyl groups is 1. The van der Waals surface area contributed by atoms with E-state index in [0.29, 0.717) is 46.7 Å². The Morgan fingerprint density at radius 1 is 0.911 bits per heavy atom. The number of nitrogens with zero attached hydrogens (tertiary/aromatic N) is 5. The number of phenolic OH excluding ortho intramolecular Hbond substituents is 1. The maximum Gasteiger partial charge on any atom is 0.210 e. The van der Waals surface area contributed by atoms with E-state index in [4.69, 9.17) is 0 Å². The molecule has 4 heterocycles. The Morgan fingerprint density at radius 3 is 2.18 bits per heavy atom. The van der Waals surface area contributed by atoms with Gasteiger partial charge in [-0.15, -0.1) is 0 Å². The number of halogens is 1. The van der Waals surface area contributed by atoms with E-state index in [1.54, 1.807) is 24.5 Å². The van der Waals surface area contributed by atoms with Gasteiger partial charge in [-0.25, -0.2) is 12.8 Å². The summed E-state index contributed by atoms with van der Waals surface area (Å²) >= 11 is 0. The van der Waals surface area contributed by atoms with Crippen LogP contribution in [0.1, 0.15) is 25.7 Å². The number of rotatable bonds is 8. The molecular formula is C32H42FN5O5S2. The predicted octanol–water partition coefficient (Wildman–Crippen LogP) is 2.69. The number of hydrogen-bond acceptors (Lipinski definition) is 10. The number of phenols is 1. The summed E-state index contributed by atoms with van der Waals surface area (Å²) in [7, 11) is -5.48. The van der Waals surface area contributed by atoms with Crippen molar-refractivity contribution < 1.29 is 27.2 Å². The highest BCUT2D eigenvalue weighted by Gasteiger charge is 2.34. The summed E-state index contributed by atoms with van der Waals surface area (Å²) < 4.78 is 54.6. The molecule has 0 radical (unpaired) electrons. The van der Waals surface area contributed by atoms with E-state index in [1.165, 1.54) is 12.3 Å². The first-order valence-electron chi connectivity index (χ1n) is 15.7. The van der Waals surface area contributed by atoms with Crippen molar-refractivity contribution in [1.82, 2.24) is 19.7 Å². The van der Waals surface area contributed by atoms with E-state index in [0.717, 1.165) is 83.6 Å². The fourth-order valence-corrected chi connectivity index (χ4v) is 9.18. The minimum absolute atomic E-state index is 0.0301. The summed E-state index contributed by atoms with van der Waals surface area (Å²) in [6, 6.07) is 9.33. The molecule has 1 atom stereocenters. The zero-order chi connectivity index (χ0) is 31.7. The lowest BCUT2D eigenvalue weighted by molar-refractivity contribution is 0.0396. The standard InChI is InChI=1S/C32H42FN5O5S2/c1-44(41)25-2-4-29-27(20-25)32(31(22-34-29)45(42,43)26-3-5-30(40)28(33)21-26)38-12-8-23(9-13-38)36-10-6-24(7-11-36)37-16-14-35(15-17-37)18-19-39/h2-5,20-24,39-40H,6-19H2,1H3. The Hall–Kier alpha value is -2.68. The van der Waals surface area contributed by atoms with E-state index in [9.17, 15) is 27.2 Å². The van der Waals surface area contributed by atoms with Gasteiger partial charge in [0.2, 0.25) is 9.84 Å². The number of fused-ring (bicyclic) bond motifs is 1. The third-order valence-corrected chi connectivity index (χ3v) is 12.4. The normalized spacial score (nSPS) is 21.0.